The van der Waals surface area contributed by atoms with Gasteiger partial charge in [0, 0.05) is 48.9 Å². The number of amides is 1. The SMILES string of the molecule is COc1ccc(-c2cncnc2)c2c1CN(CCc1cn3ccccc3n1)C2=O. The van der Waals surface area contributed by atoms with Gasteiger partial charge in [-0.3, -0.25) is 4.79 Å². The van der Waals surface area contributed by atoms with Crippen LogP contribution in [-0.4, -0.2) is 43.8 Å². The van der Waals surface area contributed by atoms with E-state index in [0.29, 0.717) is 25.1 Å². The van der Waals surface area contributed by atoms with Crippen molar-refractivity contribution in [1.29, 1.82) is 0 Å². The molecule has 0 aliphatic carbocycles. The van der Waals surface area contributed by atoms with Crippen molar-refractivity contribution in [3.8, 4) is 16.9 Å². The maximum absolute atomic E-state index is 13.3. The summed E-state index contributed by atoms with van der Waals surface area (Å²) in [4.78, 5) is 27.9. The molecule has 0 saturated carbocycles. The van der Waals surface area contributed by atoms with Crippen LogP contribution in [0, 0.1) is 0 Å². The Balaban J connectivity index is 1.43. The largest absolute Gasteiger partial charge is 0.496 e. The van der Waals surface area contributed by atoms with Crippen LogP contribution >= 0.6 is 0 Å². The number of aromatic nitrogens is 4. The van der Waals surface area contributed by atoms with Crippen LogP contribution in [0.4, 0.5) is 0 Å². The first kappa shape index (κ1) is 17.4. The van der Waals surface area contributed by atoms with E-state index in [4.69, 9.17) is 4.74 Å². The fourth-order valence-corrected chi connectivity index (χ4v) is 3.86. The lowest BCUT2D eigenvalue weighted by Gasteiger charge is -2.14. The van der Waals surface area contributed by atoms with Crippen LogP contribution in [0.3, 0.4) is 0 Å². The van der Waals surface area contributed by atoms with Crippen molar-refractivity contribution in [2.45, 2.75) is 13.0 Å². The molecule has 0 radical (unpaired) electrons. The maximum Gasteiger partial charge on any atom is 0.255 e. The van der Waals surface area contributed by atoms with Gasteiger partial charge in [0.1, 0.15) is 17.7 Å². The van der Waals surface area contributed by atoms with Gasteiger partial charge in [-0.1, -0.05) is 6.07 Å². The molecule has 7 heteroatoms. The van der Waals surface area contributed by atoms with E-state index in [0.717, 1.165) is 33.8 Å². The van der Waals surface area contributed by atoms with Gasteiger partial charge in [0.2, 0.25) is 0 Å². The van der Waals surface area contributed by atoms with Crippen molar-refractivity contribution < 1.29 is 9.53 Å². The zero-order valence-electron chi connectivity index (χ0n) is 15.9. The van der Waals surface area contributed by atoms with Crippen LogP contribution in [0.5, 0.6) is 5.75 Å². The average Bonchev–Trinajstić information content (AvgIpc) is 3.33. The van der Waals surface area contributed by atoms with E-state index in [9.17, 15) is 4.79 Å². The fraction of sp³-hybridized carbons (Fsp3) is 0.182. The number of hydrogen-bond donors (Lipinski definition) is 0. The van der Waals surface area contributed by atoms with Gasteiger partial charge in [-0.15, -0.1) is 0 Å². The molecule has 0 bridgehead atoms. The molecule has 7 nitrogen and oxygen atoms in total. The van der Waals surface area contributed by atoms with Crippen LogP contribution in [0.15, 0.2) is 61.4 Å². The van der Waals surface area contributed by atoms with Crippen molar-refractivity contribution in [2.24, 2.45) is 0 Å². The van der Waals surface area contributed by atoms with Crippen molar-refractivity contribution in [3.63, 3.8) is 0 Å². The third kappa shape index (κ3) is 3.00. The summed E-state index contributed by atoms with van der Waals surface area (Å²) in [6.45, 7) is 1.11. The summed E-state index contributed by atoms with van der Waals surface area (Å²) < 4.78 is 7.51. The zero-order valence-corrected chi connectivity index (χ0v) is 15.9. The van der Waals surface area contributed by atoms with Gasteiger partial charge in [-0.05, 0) is 29.8 Å². The third-order valence-corrected chi connectivity index (χ3v) is 5.26. The van der Waals surface area contributed by atoms with Crippen LogP contribution in [0.25, 0.3) is 16.8 Å². The Hall–Kier alpha value is -3.74. The highest BCUT2D eigenvalue weighted by atomic mass is 16.5. The van der Waals surface area contributed by atoms with Gasteiger partial charge >= 0.3 is 0 Å². The summed E-state index contributed by atoms with van der Waals surface area (Å²) in [5.74, 6) is 0.727. The smallest absolute Gasteiger partial charge is 0.255 e. The molecule has 1 aliphatic rings. The van der Waals surface area contributed by atoms with Gasteiger partial charge in [0.15, 0.2) is 0 Å². The number of pyridine rings is 1. The first-order chi connectivity index (χ1) is 14.2. The number of rotatable bonds is 5. The molecule has 0 N–H and O–H groups in total. The Kier molecular flexibility index (Phi) is 4.20. The van der Waals surface area contributed by atoms with E-state index >= 15 is 0 Å². The summed E-state index contributed by atoms with van der Waals surface area (Å²) >= 11 is 0. The Morgan fingerprint density at radius 3 is 2.79 bits per heavy atom. The molecule has 5 rings (SSSR count). The minimum Gasteiger partial charge on any atom is -0.496 e. The number of methoxy groups -OCH3 is 1. The van der Waals surface area contributed by atoms with E-state index in [1.165, 1.54) is 6.33 Å². The lowest BCUT2D eigenvalue weighted by molar-refractivity contribution is 0.0780. The minimum atomic E-state index is 0.00140. The van der Waals surface area contributed by atoms with Crippen molar-refractivity contribution in [2.75, 3.05) is 13.7 Å². The topological polar surface area (TPSA) is 72.6 Å². The number of carbonyl (C=O) groups is 1. The number of fused-ring (bicyclic) bond motifs is 2. The number of ether oxygens (including phenoxy) is 1. The molecule has 0 fully saturated rings. The number of benzene rings is 1. The predicted molar refractivity (Wildman–Crippen MR) is 108 cm³/mol. The predicted octanol–water partition coefficient (Wildman–Crippen LogP) is 3.00. The molecule has 4 heterocycles. The molecular weight excluding hydrogens is 366 g/mol. The first-order valence-corrected chi connectivity index (χ1v) is 9.42. The van der Waals surface area contributed by atoms with Crippen molar-refractivity contribution in [3.05, 3.63) is 78.3 Å². The van der Waals surface area contributed by atoms with Gasteiger partial charge in [-0.2, -0.15) is 0 Å². The molecule has 29 heavy (non-hydrogen) atoms. The fourth-order valence-electron chi connectivity index (χ4n) is 3.86. The molecule has 4 aromatic rings. The number of carbonyl (C=O) groups excluding carboxylic acids is 1. The van der Waals surface area contributed by atoms with E-state index in [1.54, 1.807) is 19.5 Å². The summed E-state index contributed by atoms with van der Waals surface area (Å²) in [5.41, 5.74) is 5.11. The molecule has 0 unspecified atom stereocenters. The van der Waals surface area contributed by atoms with E-state index in [1.807, 2.05) is 52.0 Å². The minimum absolute atomic E-state index is 0.00140. The van der Waals surface area contributed by atoms with E-state index in [2.05, 4.69) is 15.0 Å². The first-order valence-electron chi connectivity index (χ1n) is 9.42. The van der Waals surface area contributed by atoms with E-state index in [-0.39, 0.29) is 5.91 Å². The van der Waals surface area contributed by atoms with Gasteiger partial charge in [0.05, 0.1) is 24.9 Å². The third-order valence-electron chi connectivity index (χ3n) is 5.26. The molecule has 144 valence electrons. The monoisotopic (exact) mass is 385 g/mol. The molecular formula is C22H19N5O2. The average molecular weight is 385 g/mol. The maximum atomic E-state index is 13.3. The van der Waals surface area contributed by atoms with Crippen LogP contribution < -0.4 is 4.74 Å². The Bertz CT molecular complexity index is 1170. The molecule has 3 aromatic heterocycles. The quantitative estimate of drug-likeness (QED) is 0.528. The second kappa shape index (κ2) is 7.01. The Labute approximate surface area is 167 Å². The van der Waals surface area contributed by atoms with Gasteiger partial charge in [0.25, 0.3) is 5.91 Å². The van der Waals surface area contributed by atoms with Crippen molar-refractivity contribution >= 4 is 11.6 Å². The zero-order chi connectivity index (χ0) is 19.8. The summed E-state index contributed by atoms with van der Waals surface area (Å²) in [5, 5.41) is 0. The van der Waals surface area contributed by atoms with Crippen LogP contribution in [0.1, 0.15) is 21.6 Å². The van der Waals surface area contributed by atoms with Crippen molar-refractivity contribution in [1.82, 2.24) is 24.3 Å². The standard InChI is InChI=1S/C22H19N5O2/c1-29-19-6-5-17(15-10-23-14-24-11-15)21-18(19)13-27(22(21)28)9-7-16-12-26-8-3-2-4-20(26)25-16/h2-6,8,10-12,14H,7,9,13H2,1H3. The number of imidazole rings is 1. The second-order valence-corrected chi connectivity index (χ2v) is 6.97. The molecule has 0 saturated heterocycles. The van der Waals surface area contributed by atoms with Gasteiger partial charge in [-0.25, -0.2) is 15.0 Å². The lowest BCUT2D eigenvalue weighted by Crippen LogP contribution is -2.26. The van der Waals surface area contributed by atoms with Gasteiger partial charge < -0.3 is 14.0 Å². The number of nitrogens with zero attached hydrogens (tertiary/aromatic N) is 5. The highest BCUT2D eigenvalue weighted by Gasteiger charge is 2.33. The molecule has 0 spiro atoms. The summed E-state index contributed by atoms with van der Waals surface area (Å²) in [6, 6.07) is 9.72. The molecule has 1 aromatic carbocycles. The summed E-state index contributed by atoms with van der Waals surface area (Å²) in [6.07, 6.45) is 9.60. The van der Waals surface area contributed by atoms with Crippen LogP contribution in [0.2, 0.25) is 0 Å². The second-order valence-electron chi connectivity index (χ2n) is 6.97. The summed E-state index contributed by atoms with van der Waals surface area (Å²) in [7, 11) is 1.63. The molecule has 0 atom stereocenters. The normalized spacial score (nSPS) is 13.1. The Morgan fingerprint density at radius 1 is 1.14 bits per heavy atom. The Morgan fingerprint density at radius 2 is 2.00 bits per heavy atom. The van der Waals surface area contributed by atoms with E-state index < -0.39 is 0 Å². The molecule has 1 amide bonds. The lowest BCUT2D eigenvalue weighted by atomic mass is 9.98. The highest BCUT2D eigenvalue weighted by molar-refractivity contribution is 6.05. The molecule has 1 aliphatic heterocycles. The number of hydrogen-bond acceptors (Lipinski definition) is 5. The van der Waals surface area contributed by atoms with Crippen LogP contribution in [-0.2, 0) is 13.0 Å². The highest BCUT2D eigenvalue weighted by Crippen LogP contribution is 2.37.